The molecule has 0 saturated heterocycles. The molecule has 8 heteroatoms. The Kier molecular flexibility index (Phi) is 3.12. The van der Waals surface area contributed by atoms with E-state index in [4.69, 9.17) is 4.52 Å². The minimum absolute atomic E-state index is 0.0985. The molecule has 102 valence electrons. The lowest BCUT2D eigenvalue weighted by molar-refractivity contribution is 0.351. The lowest BCUT2D eigenvalue weighted by atomic mass is 10.3. The normalized spacial score (nSPS) is 10.8. The lowest BCUT2D eigenvalue weighted by Gasteiger charge is -1.99. The molecule has 3 aromatic rings. The summed E-state index contributed by atoms with van der Waals surface area (Å²) in [6.45, 7) is 2.01. The predicted molar refractivity (Wildman–Crippen MR) is 66.8 cm³/mol. The van der Waals surface area contributed by atoms with Crippen LogP contribution >= 0.6 is 0 Å². The maximum absolute atomic E-state index is 11.7. The van der Waals surface area contributed by atoms with Crippen molar-refractivity contribution in [3.05, 3.63) is 46.7 Å². The average molecular weight is 273 g/mol. The van der Waals surface area contributed by atoms with Gasteiger partial charge in [-0.15, -0.1) is 0 Å². The van der Waals surface area contributed by atoms with Gasteiger partial charge in [-0.05, 0) is 12.1 Å². The van der Waals surface area contributed by atoms with Crippen molar-refractivity contribution in [2.75, 3.05) is 0 Å². The van der Waals surface area contributed by atoms with Crippen molar-refractivity contribution < 1.29 is 9.05 Å². The summed E-state index contributed by atoms with van der Waals surface area (Å²) in [7, 11) is 0. The number of rotatable bonds is 4. The van der Waals surface area contributed by atoms with E-state index in [1.54, 1.807) is 24.4 Å². The standard InChI is InChI=1S/C12H11N5O3/c1-2-9-14-10(19-15-9)7-17-11(16-20-12(17)18)8-5-3-4-6-13-8/h3-6H,2,7H2,1H3. The van der Waals surface area contributed by atoms with Crippen LogP contribution in [-0.2, 0) is 13.0 Å². The van der Waals surface area contributed by atoms with Gasteiger partial charge >= 0.3 is 5.76 Å². The maximum Gasteiger partial charge on any atom is 0.442 e. The van der Waals surface area contributed by atoms with E-state index in [9.17, 15) is 4.79 Å². The quantitative estimate of drug-likeness (QED) is 0.695. The summed E-state index contributed by atoms with van der Waals surface area (Å²) in [5, 5.41) is 7.51. The summed E-state index contributed by atoms with van der Waals surface area (Å²) in [6.07, 6.45) is 2.27. The Morgan fingerprint density at radius 1 is 1.25 bits per heavy atom. The van der Waals surface area contributed by atoms with Gasteiger partial charge in [-0.25, -0.2) is 9.36 Å². The van der Waals surface area contributed by atoms with Crippen LogP contribution in [0, 0.1) is 0 Å². The van der Waals surface area contributed by atoms with Crippen LogP contribution in [0.3, 0.4) is 0 Å². The van der Waals surface area contributed by atoms with Crippen molar-refractivity contribution in [1.82, 2.24) is 24.8 Å². The van der Waals surface area contributed by atoms with E-state index in [0.29, 0.717) is 29.7 Å². The Morgan fingerprint density at radius 2 is 2.15 bits per heavy atom. The lowest BCUT2D eigenvalue weighted by Crippen LogP contribution is -2.16. The van der Waals surface area contributed by atoms with Crippen LogP contribution in [0.15, 0.2) is 38.2 Å². The molecule has 0 aromatic carbocycles. The van der Waals surface area contributed by atoms with Crippen LogP contribution in [0.25, 0.3) is 11.5 Å². The van der Waals surface area contributed by atoms with Crippen molar-refractivity contribution in [3.8, 4) is 11.5 Å². The summed E-state index contributed by atoms with van der Waals surface area (Å²) < 4.78 is 11.0. The number of aromatic nitrogens is 5. The van der Waals surface area contributed by atoms with Crippen molar-refractivity contribution in [3.63, 3.8) is 0 Å². The highest BCUT2D eigenvalue weighted by Crippen LogP contribution is 2.13. The summed E-state index contributed by atoms with van der Waals surface area (Å²) >= 11 is 0. The zero-order chi connectivity index (χ0) is 13.9. The van der Waals surface area contributed by atoms with E-state index in [1.165, 1.54) is 4.57 Å². The zero-order valence-electron chi connectivity index (χ0n) is 10.7. The number of hydrogen-bond acceptors (Lipinski definition) is 7. The fraction of sp³-hybridized carbons (Fsp3) is 0.250. The number of aryl methyl sites for hydroxylation is 1. The molecule has 0 bridgehead atoms. The first kappa shape index (κ1) is 12.3. The number of nitrogens with zero attached hydrogens (tertiary/aromatic N) is 5. The molecule has 3 rings (SSSR count). The summed E-state index contributed by atoms with van der Waals surface area (Å²) in [4.78, 5) is 20.0. The molecule has 0 radical (unpaired) electrons. The molecule has 20 heavy (non-hydrogen) atoms. The highest BCUT2D eigenvalue weighted by molar-refractivity contribution is 5.47. The van der Waals surface area contributed by atoms with Gasteiger partial charge in [0.05, 0.1) is 0 Å². The molecule has 0 amide bonds. The van der Waals surface area contributed by atoms with Crippen LogP contribution in [0.5, 0.6) is 0 Å². The number of hydrogen-bond donors (Lipinski definition) is 0. The Morgan fingerprint density at radius 3 is 2.85 bits per heavy atom. The molecule has 0 unspecified atom stereocenters. The second-order valence-electron chi connectivity index (χ2n) is 4.03. The molecular weight excluding hydrogens is 262 g/mol. The molecule has 0 spiro atoms. The van der Waals surface area contributed by atoms with E-state index in [0.717, 1.165) is 0 Å². The van der Waals surface area contributed by atoms with Gasteiger partial charge in [-0.1, -0.05) is 23.3 Å². The Balaban J connectivity index is 1.97. The third-order valence-electron chi connectivity index (χ3n) is 2.70. The van der Waals surface area contributed by atoms with Crippen LogP contribution in [-0.4, -0.2) is 24.8 Å². The molecule has 0 saturated carbocycles. The van der Waals surface area contributed by atoms with E-state index in [1.807, 2.05) is 6.92 Å². The monoisotopic (exact) mass is 273 g/mol. The molecule has 0 atom stereocenters. The van der Waals surface area contributed by atoms with Crippen molar-refractivity contribution in [1.29, 1.82) is 0 Å². The second kappa shape index (κ2) is 5.08. The van der Waals surface area contributed by atoms with E-state index in [2.05, 4.69) is 24.8 Å². The van der Waals surface area contributed by atoms with Gasteiger partial charge in [0.2, 0.25) is 11.7 Å². The van der Waals surface area contributed by atoms with Gasteiger partial charge in [-0.2, -0.15) is 4.98 Å². The van der Waals surface area contributed by atoms with Crippen molar-refractivity contribution in [2.24, 2.45) is 0 Å². The third-order valence-corrected chi connectivity index (χ3v) is 2.70. The Bertz CT molecular complexity index is 759. The molecular formula is C12H11N5O3. The van der Waals surface area contributed by atoms with E-state index in [-0.39, 0.29) is 6.54 Å². The SMILES string of the molecule is CCc1noc(Cn2c(-c3ccccn3)noc2=O)n1. The van der Waals surface area contributed by atoms with Gasteiger partial charge in [0.1, 0.15) is 12.2 Å². The Labute approximate surface area is 113 Å². The first-order chi connectivity index (χ1) is 9.78. The topological polar surface area (TPSA) is 99.8 Å². The highest BCUT2D eigenvalue weighted by atomic mass is 16.5. The van der Waals surface area contributed by atoms with E-state index >= 15 is 0 Å². The van der Waals surface area contributed by atoms with Crippen LogP contribution in [0.2, 0.25) is 0 Å². The minimum atomic E-state index is -0.595. The third kappa shape index (κ3) is 2.22. The molecule has 0 aliphatic heterocycles. The van der Waals surface area contributed by atoms with Crippen LogP contribution in [0.1, 0.15) is 18.6 Å². The first-order valence-electron chi connectivity index (χ1n) is 6.07. The maximum atomic E-state index is 11.7. The van der Waals surface area contributed by atoms with Crippen molar-refractivity contribution >= 4 is 0 Å². The fourth-order valence-electron chi connectivity index (χ4n) is 1.72. The van der Waals surface area contributed by atoms with Gasteiger partial charge < -0.3 is 4.52 Å². The zero-order valence-corrected chi connectivity index (χ0v) is 10.7. The molecule has 3 heterocycles. The van der Waals surface area contributed by atoms with Gasteiger partial charge in [-0.3, -0.25) is 9.51 Å². The highest BCUT2D eigenvalue weighted by Gasteiger charge is 2.16. The molecule has 8 nitrogen and oxygen atoms in total. The van der Waals surface area contributed by atoms with Crippen LogP contribution in [0.4, 0.5) is 0 Å². The van der Waals surface area contributed by atoms with Crippen molar-refractivity contribution in [2.45, 2.75) is 19.9 Å². The Hall–Kier alpha value is -2.77. The van der Waals surface area contributed by atoms with Gasteiger partial charge in [0.15, 0.2) is 5.82 Å². The first-order valence-corrected chi connectivity index (χ1v) is 6.07. The van der Waals surface area contributed by atoms with Crippen LogP contribution < -0.4 is 5.76 Å². The largest absolute Gasteiger partial charge is 0.442 e. The summed E-state index contributed by atoms with van der Waals surface area (Å²) in [6, 6.07) is 5.31. The number of pyridine rings is 1. The summed E-state index contributed by atoms with van der Waals surface area (Å²) in [5.74, 6) is 0.641. The average Bonchev–Trinajstić information content (AvgIpc) is 3.08. The van der Waals surface area contributed by atoms with Gasteiger partial charge in [0.25, 0.3) is 0 Å². The molecule has 0 N–H and O–H groups in total. The molecule has 0 aliphatic rings. The fourth-order valence-corrected chi connectivity index (χ4v) is 1.72. The summed E-state index contributed by atoms with van der Waals surface area (Å²) in [5.41, 5.74) is 0.536. The predicted octanol–water partition coefficient (Wildman–Crippen LogP) is 0.892. The van der Waals surface area contributed by atoms with Gasteiger partial charge in [0, 0.05) is 12.6 Å². The molecule has 0 fully saturated rings. The molecule has 3 aromatic heterocycles. The van der Waals surface area contributed by atoms with E-state index < -0.39 is 5.76 Å². The smallest absolute Gasteiger partial charge is 0.337 e. The minimum Gasteiger partial charge on any atom is -0.337 e. The molecule has 0 aliphatic carbocycles. The second-order valence-corrected chi connectivity index (χ2v) is 4.03.